The van der Waals surface area contributed by atoms with Crippen molar-refractivity contribution < 1.29 is 0 Å². The highest BCUT2D eigenvalue weighted by molar-refractivity contribution is 7.99. The summed E-state index contributed by atoms with van der Waals surface area (Å²) in [6, 6.07) is 4.86. The summed E-state index contributed by atoms with van der Waals surface area (Å²) in [6.07, 6.45) is 5.72. The van der Waals surface area contributed by atoms with Gasteiger partial charge in [0.25, 0.3) is 0 Å². The Hall–Kier alpha value is -0.540. The molecule has 2 rings (SSSR count). The first-order valence-corrected chi connectivity index (χ1v) is 8.00. The molecule has 0 aliphatic heterocycles. The molecule has 1 aromatic heterocycles. The molecule has 0 spiro atoms. The highest BCUT2D eigenvalue weighted by Gasteiger charge is 2.28. The SMILES string of the molecule is CNC(CSC(C)C)C1CCCc2cccnc21. The maximum Gasteiger partial charge on any atom is 0.0482 e. The number of pyridine rings is 1. The van der Waals surface area contributed by atoms with E-state index in [9.17, 15) is 0 Å². The summed E-state index contributed by atoms with van der Waals surface area (Å²) in [5, 5.41) is 4.21. The van der Waals surface area contributed by atoms with Crippen molar-refractivity contribution in [3.8, 4) is 0 Å². The van der Waals surface area contributed by atoms with Crippen LogP contribution in [-0.2, 0) is 6.42 Å². The molecule has 1 aromatic rings. The van der Waals surface area contributed by atoms with Gasteiger partial charge in [-0.2, -0.15) is 11.8 Å². The van der Waals surface area contributed by atoms with Gasteiger partial charge in [-0.1, -0.05) is 19.9 Å². The lowest BCUT2D eigenvalue weighted by Gasteiger charge is -2.31. The largest absolute Gasteiger partial charge is 0.316 e. The zero-order valence-electron chi connectivity index (χ0n) is 11.6. The first-order chi connectivity index (χ1) is 8.72. The molecule has 0 saturated heterocycles. The van der Waals surface area contributed by atoms with Gasteiger partial charge < -0.3 is 5.32 Å². The second-order valence-electron chi connectivity index (χ2n) is 5.32. The Bertz CT molecular complexity index is 379. The van der Waals surface area contributed by atoms with E-state index in [1.54, 1.807) is 0 Å². The van der Waals surface area contributed by atoms with Gasteiger partial charge in [0.1, 0.15) is 0 Å². The van der Waals surface area contributed by atoms with E-state index in [0.717, 1.165) is 0 Å². The van der Waals surface area contributed by atoms with E-state index in [0.29, 0.717) is 17.2 Å². The number of hydrogen-bond donors (Lipinski definition) is 1. The van der Waals surface area contributed by atoms with Crippen molar-refractivity contribution in [2.75, 3.05) is 12.8 Å². The van der Waals surface area contributed by atoms with Crippen LogP contribution in [0.1, 0.15) is 43.9 Å². The third-order valence-electron chi connectivity index (χ3n) is 3.70. The smallest absolute Gasteiger partial charge is 0.0482 e. The molecule has 100 valence electrons. The summed E-state index contributed by atoms with van der Waals surface area (Å²) < 4.78 is 0. The molecule has 3 heteroatoms. The van der Waals surface area contributed by atoms with Crippen LogP contribution < -0.4 is 5.32 Å². The molecule has 2 unspecified atom stereocenters. The van der Waals surface area contributed by atoms with Crippen molar-refractivity contribution in [1.29, 1.82) is 0 Å². The normalized spacial score (nSPS) is 20.8. The third-order valence-corrected chi connectivity index (χ3v) is 4.92. The zero-order chi connectivity index (χ0) is 13.0. The minimum Gasteiger partial charge on any atom is -0.316 e. The second kappa shape index (κ2) is 6.58. The van der Waals surface area contributed by atoms with Crippen molar-refractivity contribution >= 4 is 11.8 Å². The molecule has 0 fully saturated rings. The average Bonchev–Trinajstić information content (AvgIpc) is 2.39. The Kier molecular flexibility index (Phi) is 5.07. The van der Waals surface area contributed by atoms with Crippen LogP contribution >= 0.6 is 11.8 Å². The Balaban J connectivity index is 2.12. The Labute approximate surface area is 115 Å². The Morgan fingerprint density at radius 1 is 1.50 bits per heavy atom. The second-order valence-corrected chi connectivity index (χ2v) is 6.93. The summed E-state index contributed by atoms with van der Waals surface area (Å²) in [7, 11) is 2.09. The van der Waals surface area contributed by atoms with E-state index in [-0.39, 0.29) is 0 Å². The number of likely N-dealkylation sites (N-methyl/N-ethyl adjacent to an activating group) is 1. The van der Waals surface area contributed by atoms with Crippen molar-refractivity contribution in [3.63, 3.8) is 0 Å². The highest BCUT2D eigenvalue weighted by Crippen LogP contribution is 2.33. The van der Waals surface area contributed by atoms with E-state index in [4.69, 9.17) is 0 Å². The molecule has 0 saturated carbocycles. The summed E-state index contributed by atoms with van der Waals surface area (Å²) >= 11 is 2.04. The van der Waals surface area contributed by atoms with Crippen LogP contribution in [0.15, 0.2) is 18.3 Å². The first kappa shape index (κ1) is 13.9. The minimum atomic E-state index is 0.548. The van der Waals surface area contributed by atoms with Crippen molar-refractivity contribution in [3.05, 3.63) is 29.6 Å². The van der Waals surface area contributed by atoms with Crippen molar-refractivity contribution in [1.82, 2.24) is 10.3 Å². The summed E-state index contributed by atoms with van der Waals surface area (Å²) in [5.41, 5.74) is 2.80. The molecule has 2 nitrogen and oxygen atoms in total. The molecule has 1 aliphatic carbocycles. The number of rotatable bonds is 5. The maximum atomic E-state index is 4.65. The average molecular weight is 264 g/mol. The fourth-order valence-corrected chi connectivity index (χ4v) is 3.72. The summed E-state index contributed by atoms with van der Waals surface area (Å²) in [4.78, 5) is 4.65. The van der Waals surface area contributed by atoms with Gasteiger partial charge in [0.2, 0.25) is 0 Å². The molecule has 0 bridgehead atoms. The van der Waals surface area contributed by atoms with Gasteiger partial charge in [0.05, 0.1) is 0 Å². The standard InChI is InChI=1S/C15H24N2S/c1-11(2)18-10-14(16-3)13-8-4-6-12-7-5-9-17-15(12)13/h5,7,9,11,13-14,16H,4,6,8,10H2,1-3H3. The summed E-state index contributed by atoms with van der Waals surface area (Å²) in [6.45, 7) is 4.54. The maximum absolute atomic E-state index is 4.65. The lowest BCUT2D eigenvalue weighted by molar-refractivity contribution is 0.432. The van der Waals surface area contributed by atoms with E-state index in [1.807, 2.05) is 18.0 Å². The lowest BCUT2D eigenvalue weighted by atomic mass is 9.82. The van der Waals surface area contributed by atoms with Gasteiger partial charge in [0.15, 0.2) is 0 Å². The Morgan fingerprint density at radius 2 is 2.33 bits per heavy atom. The lowest BCUT2D eigenvalue weighted by Crippen LogP contribution is -2.37. The number of nitrogens with one attached hydrogen (secondary N) is 1. The molecule has 18 heavy (non-hydrogen) atoms. The zero-order valence-corrected chi connectivity index (χ0v) is 12.5. The fourth-order valence-electron chi connectivity index (χ4n) is 2.73. The van der Waals surface area contributed by atoms with Crippen LogP contribution in [0.4, 0.5) is 0 Å². The fraction of sp³-hybridized carbons (Fsp3) is 0.667. The molecular formula is C15H24N2S. The topological polar surface area (TPSA) is 24.9 Å². The number of fused-ring (bicyclic) bond motifs is 1. The van der Waals surface area contributed by atoms with Crippen LogP contribution in [0.5, 0.6) is 0 Å². The van der Waals surface area contributed by atoms with Gasteiger partial charge >= 0.3 is 0 Å². The number of thioether (sulfide) groups is 1. The monoisotopic (exact) mass is 264 g/mol. The number of aromatic nitrogens is 1. The summed E-state index contributed by atoms with van der Waals surface area (Å²) in [5.74, 6) is 1.76. The number of aryl methyl sites for hydroxylation is 1. The first-order valence-electron chi connectivity index (χ1n) is 6.95. The molecular weight excluding hydrogens is 240 g/mol. The van der Waals surface area contributed by atoms with Gasteiger partial charge in [-0.25, -0.2) is 0 Å². The molecule has 2 atom stereocenters. The predicted octanol–water partition coefficient (Wildman–Crippen LogP) is 3.23. The van der Waals surface area contributed by atoms with E-state index >= 15 is 0 Å². The van der Waals surface area contributed by atoms with Crippen LogP contribution in [0, 0.1) is 0 Å². The van der Waals surface area contributed by atoms with Crippen LogP contribution in [0.2, 0.25) is 0 Å². The van der Waals surface area contributed by atoms with E-state index < -0.39 is 0 Å². The highest BCUT2D eigenvalue weighted by atomic mass is 32.2. The predicted molar refractivity (Wildman–Crippen MR) is 80.4 cm³/mol. The molecule has 0 amide bonds. The molecule has 0 radical (unpaired) electrons. The van der Waals surface area contributed by atoms with Crippen molar-refractivity contribution in [2.45, 2.75) is 50.3 Å². The van der Waals surface area contributed by atoms with Gasteiger partial charge in [-0.3, -0.25) is 4.98 Å². The van der Waals surface area contributed by atoms with Gasteiger partial charge in [-0.05, 0) is 43.2 Å². The minimum absolute atomic E-state index is 0.548. The third kappa shape index (κ3) is 3.27. The van der Waals surface area contributed by atoms with Gasteiger partial charge in [0, 0.05) is 29.6 Å². The van der Waals surface area contributed by atoms with Crippen LogP contribution in [0.25, 0.3) is 0 Å². The Morgan fingerprint density at radius 3 is 3.06 bits per heavy atom. The number of nitrogens with zero attached hydrogens (tertiary/aromatic N) is 1. The van der Waals surface area contributed by atoms with E-state index in [2.05, 4.69) is 43.3 Å². The molecule has 1 N–H and O–H groups in total. The molecule has 1 aliphatic rings. The van der Waals surface area contributed by atoms with Gasteiger partial charge in [-0.15, -0.1) is 0 Å². The quantitative estimate of drug-likeness (QED) is 0.884. The van der Waals surface area contributed by atoms with Crippen molar-refractivity contribution in [2.24, 2.45) is 0 Å². The molecule has 0 aromatic carbocycles. The van der Waals surface area contributed by atoms with Crippen LogP contribution in [-0.4, -0.2) is 29.1 Å². The number of hydrogen-bond acceptors (Lipinski definition) is 3. The molecule has 1 heterocycles. The van der Waals surface area contributed by atoms with Crippen LogP contribution in [0.3, 0.4) is 0 Å². The van der Waals surface area contributed by atoms with E-state index in [1.165, 1.54) is 36.3 Å².